The summed E-state index contributed by atoms with van der Waals surface area (Å²) < 4.78 is 12.5. The van der Waals surface area contributed by atoms with Gasteiger partial charge in [0.05, 0.1) is 29.0 Å². The molecule has 45 heavy (non-hydrogen) atoms. The van der Waals surface area contributed by atoms with E-state index >= 15 is 0 Å². The lowest BCUT2D eigenvalue weighted by Crippen LogP contribution is -2.41. The Labute approximate surface area is 263 Å². The molecule has 228 valence electrons. The average Bonchev–Trinajstić information content (AvgIpc) is 3.85. The fourth-order valence-electron chi connectivity index (χ4n) is 7.91. The first-order chi connectivity index (χ1) is 21.6. The number of pyridine rings is 1. The van der Waals surface area contributed by atoms with Crippen molar-refractivity contribution in [3.8, 4) is 22.4 Å². The number of aromatic nitrogens is 3. The van der Waals surface area contributed by atoms with Crippen LogP contribution in [0.2, 0.25) is 0 Å². The zero-order valence-electron chi connectivity index (χ0n) is 26.1. The molecule has 3 heterocycles. The van der Waals surface area contributed by atoms with E-state index in [1.165, 1.54) is 0 Å². The van der Waals surface area contributed by atoms with Crippen LogP contribution >= 0.6 is 0 Å². The van der Waals surface area contributed by atoms with Crippen LogP contribution in [0.25, 0.3) is 22.4 Å². The minimum Gasteiger partial charge on any atom is -0.399 e. The van der Waals surface area contributed by atoms with Gasteiger partial charge in [-0.1, -0.05) is 36.4 Å². The molecule has 9 heteroatoms. The minimum absolute atomic E-state index is 0.00147. The summed E-state index contributed by atoms with van der Waals surface area (Å²) in [6.45, 7) is 8.58. The van der Waals surface area contributed by atoms with Crippen molar-refractivity contribution in [3.05, 3.63) is 89.6 Å². The standard InChI is InChI=1S/C36H37BN4O4/c1-35(2)36(3,4)45-37(44-35)24-10-12-26-25-11-9-21(15-27(25)32(42)28(26)16-24)29-19-39-33(41-29)30-22-7-8-23(14-22)31(30)34(43)40-18-20-6-5-13-38-17-20/h5-6,9-13,15-17,19,22-23,30-31H,7-8,14,18H2,1-4H3,(H,39,41)(H,40,43)/t22?,23?,30-,31-/m1/s1. The SMILES string of the molecule is CC1(C)OB(c2ccc3c(c2)C(=O)c2cc(-c4cnc([C@@H]5C6CCC(C6)[C@H]5C(=O)NCc5cccnc5)[nH]4)ccc2-3)OC1(C)C. The van der Waals surface area contributed by atoms with Gasteiger partial charge in [0.2, 0.25) is 5.91 Å². The molecule has 1 amide bonds. The Morgan fingerprint density at radius 2 is 1.69 bits per heavy atom. The number of carbonyl (C=O) groups excluding carboxylic acids is 2. The van der Waals surface area contributed by atoms with Crippen molar-refractivity contribution in [3.63, 3.8) is 0 Å². The van der Waals surface area contributed by atoms with Gasteiger partial charge in [0.15, 0.2) is 5.78 Å². The van der Waals surface area contributed by atoms with Crippen LogP contribution in [0.3, 0.4) is 0 Å². The van der Waals surface area contributed by atoms with Crippen molar-refractivity contribution in [2.45, 2.75) is 70.6 Å². The normalized spacial score (nSPS) is 25.4. The Morgan fingerprint density at radius 3 is 2.44 bits per heavy atom. The summed E-state index contributed by atoms with van der Waals surface area (Å²) in [4.78, 5) is 39.7. The number of amides is 1. The highest BCUT2D eigenvalue weighted by Gasteiger charge is 2.53. The third kappa shape index (κ3) is 4.58. The van der Waals surface area contributed by atoms with Gasteiger partial charge < -0.3 is 19.6 Å². The van der Waals surface area contributed by atoms with E-state index in [0.717, 1.165) is 58.5 Å². The monoisotopic (exact) mass is 600 g/mol. The number of fused-ring (bicyclic) bond motifs is 5. The second-order valence-corrected chi connectivity index (χ2v) is 14.1. The second kappa shape index (κ2) is 10.2. The van der Waals surface area contributed by atoms with Crippen molar-refractivity contribution < 1.29 is 18.9 Å². The smallest absolute Gasteiger partial charge is 0.399 e. The molecule has 3 fully saturated rings. The zero-order chi connectivity index (χ0) is 31.1. The molecule has 2 aromatic carbocycles. The molecule has 2 saturated carbocycles. The van der Waals surface area contributed by atoms with Gasteiger partial charge in [-0.3, -0.25) is 14.6 Å². The van der Waals surface area contributed by atoms with Gasteiger partial charge in [0.1, 0.15) is 5.82 Å². The van der Waals surface area contributed by atoms with Crippen LogP contribution < -0.4 is 10.8 Å². The highest BCUT2D eigenvalue weighted by atomic mass is 16.7. The Bertz CT molecular complexity index is 1820. The molecule has 1 saturated heterocycles. The number of imidazole rings is 1. The van der Waals surface area contributed by atoms with Crippen molar-refractivity contribution in [2.75, 3.05) is 0 Å². The van der Waals surface area contributed by atoms with Crippen LogP contribution in [-0.2, 0) is 20.6 Å². The van der Waals surface area contributed by atoms with Crippen LogP contribution in [0.1, 0.15) is 80.2 Å². The lowest BCUT2D eigenvalue weighted by atomic mass is 9.77. The maximum Gasteiger partial charge on any atom is 0.494 e. The highest BCUT2D eigenvalue weighted by molar-refractivity contribution is 6.62. The number of nitrogens with zero attached hydrogens (tertiary/aromatic N) is 2. The van der Waals surface area contributed by atoms with Crippen molar-refractivity contribution in [1.82, 2.24) is 20.3 Å². The predicted molar refractivity (Wildman–Crippen MR) is 172 cm³/mol. The van der Waals surface area contributed by atoms with E-state index in [-0.39, 0.29) is 23.5 Å². The second-order valence-electron chi connectivity index (χ2n) is 14.1. The van der Waals surface area contributed by atoms with Gasteiger partial charge in [0, 0.05) is 41.5 Å². The van der Waals surface area contributed by atoms with Crippen LogP contribution in [0, 0.1) is 17.8 Å². The molecule has 0 radical (unpaired) electrons. The summed E-state index contributed by atoms with van der Waals surface area (Å²) in [5.74, 6) is 1.72. The summed E-state index contributed by atoms with van der Waals surface area (Å²) in [6, 6.07) is 15.8. The zero-order valence-corrected chi connectivity index (χ0v) is 26.1. The molecule has 0 spiro atoms. The first-order valence-corrected chi connectivity index (χ1v) is 16.0. The van der Waals surface area contributed by atoms with Crippen LogP contribution in [0.15, 0.2) is 67.1 Å². The molecule has 4 atom stereocenters. The van der Waals surface area contributed by atoms with Gasteiger partial charge in [0.25, 0.3) is 0 Å². The van der Waals surface area contributed by atoms with Crippen molar-refractivity contribution >= 4 is 24.3 Å². The first-order valence-electron chi connectivity index (χ1n) is 16.0. The largest absolute Gasteiger partial charge is 0.494 e. The van der Waals surface area contributed by atoms with E-state index in [0.29, 0.717) is 29.5 Å². The minimum atomic E-state index is -0.525. The maximum atomic E-state index is 13.7. The predicted octanol–water partition coefficient (Wildman–Crippen LogP) is 5.43. The number of nitrogens with one attached hydrogen (secondary N) is 2. The fraction of sp³-hybridized carbons (Fsp3) is 0.389. The Hall–Kier alpha value is -4.08. The van der Waals surface area contributed by atoms with Crippen molar-refractivity contribution in [2.24, 2.45) is 17.8 Å². The number of rotatable bonds is 6. The topological polar surface area (TPSA) is 106 Å². The molecule has 2 unspecified atom stereocenters. The average molecular weight is 601 g/mol. The summed E-state index contributed by atoms with van der Waals surface area (Å²) in [7, 11) is -0.525. The molecular formula is C36H37BN4O4. The molecule has 1 aliphatic heterocycles. The number of ketones is 1. The molecule has 8 nitrogen and oxygen atoms in total. The van der Waals surface area contributed by atoms with E-state index in [4.69, 9.17) is 14.3 Å². The maximum absolute atomic E-state index is 13.7. The van der Waals surface area contributed by atoms with Crippen LogP contribution in [-0.4, -0.2) is 45.0 Å². The lowest BCUT2D eigenvalue weighted by Gasteiger charge is -2.32. The number of aromatic amines is 1. The van der Waals surface area contributed by atoms with Crippen molar-refractivity contribution in [1.29, 1.82) is 0 Å². The quantitative estimate of drug-likeness (QED) is 0.252. The number of carbonyl (C=O) groups is 2. The number of hydrogen-bond donors (Lipinski definition) is 2. The summed E-state index contributed by atoms with van der Waals surface area (Å²) in [6.07, 6.45) is 8.64. The van der Waals surface area contributed by atoms with Gasteiger partial charge >= 0.3 is 7.12 Å². The molecule has 2 bridgehead atoms. The van der Waals surface area contributed by atoms with E-state index in [9.17, 15) is 9.59 Å². The molecule has 3 aliphatic carbocycles. The van der Waals surface area contributed by atoms with Gasteiger partial charge in [-0.2, -0.15) is 0 Å². The van der Waals surface area contributed by atoms with Crippen LogP contribution in [0.4, 0.5) is 0 Å². The molecule has 2 N–H and O–H groups in total. The molecule has 4 aromatic rings. The first kappa shape index (κ1) is 28.4. The Morgan fingerprint density at radius 1 is 0.956 bits per heavy atom. The van der Waals surface area contributed by atoms with E-state index < -0.39 is 18.3 Å². The lowest BCUT2D eigenvalue weighted by molar-refractivity contribution is -0.127. The van der Waals surface area contributed by atoms with Gasteiger partial charge in [-0.05, 0) is 93.1 Å². The Kier molecular flexibility index (Phi) is 6.45. The van der Waals surface area contributed by atoms with Gasteiger partial charge in [-0.15, -0.1) is 0 Å². The van der Waals surface area contributed by atoms with E-state index in [1.807, 2.05) is 82.4 Å². The van der Waals surface area contributed by atoms with E-state index in [2.05, 4.69) is 15.3 Å². The molecule has 2 aromatic heterocycles. The molecule has 8 rings (SSSR count). The van der Waals surface area contributed by atoms with E-state index in [1.54, 1.807) is 12.4 Å². The number of benzene rings is 2. The molecular weight excluding hydrogens is 563 g/mol. The summed E-state index contributed by atoms with van der Waals surface area (Å²) >= 11 is 0. The number of H-pyrrole nitrogens is 1. The molecule has 4 aliphatic rings. The summed E-state index contributed by atoms with van der Waals surface area (Å²) in [5.41, 5.74) is 5.88. The Balaban J connectivity index is 1.03. The number of hydrogen-bond acceptors (Lipinski definition) is 6. The third-order valence-electron chi connectivity index (χ3n) is 11.0. The van der Waals surface area contributed by atoms with Gasteiger partial charge in [-0.25, -0.2) is 4.98 Å². The third-order valence-corrected chi connectivity index (χ3v) is 11.0. The fourth-order valence-corrected chi connectivity index (χ4v) is 7.91. The summed E-state index contributed by atoms with van der Waals surface area (Å²) in [5, 5.41) is 3.16. The highest BCUT2D eigenvalue weighted by Crippen LogP contribution is 2.56. The van der Waals surface area contributed by atoms with Crippen LogP contribution in [0.5, 0.6) is 0 Å².